The number of hydrogen-bond donors (Lipinski definition) is 2. The zero-order valence-electron chi connectivity index (χ0n) is 10.3. The van der Waals surface area contributed by atoms with Gasteiger partial charge in [-0.3, -0.25) is 4.79 Å². The van der Waals surface area contributed by atoms with Crippen LogP contribution < -0.4 is 11.1 Å². The minimum Gasteiger partial charge on any atom is -0.398 e. The minimum atomic E-state index is -4.49. The van der Waals surface area contributed by atoms with E-state index in [1.54, 1.807) is 0 Å². The maximum absolute atomic E-state index is 12.6. The normalized spacial score (nSPS) is 10.5. The first kappa shape index (κ1) is 14.9. The van der Waals surface area contributed by atoms with Crippen molar-refractivity contribution in [2.24, 2.45) is 0 Å². The quantitative estimate of drug-likeness (QED) is 0.491. The van der Waals surface area contributed by atoms with Crippen LogP contribution in [0.3, 0.4) is 0 Å². The first-order chi connectivity index (χ1) is 8.80. The number of anilines is 1. The van der Waals surface area contributed by atoms with E-state index in [2.05, 4.69) is 17.2 Å². The monoisotopic (exact) mass is 270 g/mol. The molecular weight excluding hydrogens is 257 g/mol. The molecule has 3 N–H and O–H groups in total. The molecule has 0 fully saturated rings. The summed E-state index contributed by atoms with van der Waals surface area (Å²) in [4.78, 5) is 10.6. The maximum Gasteiger partial charge on any atom is 0.418 e. The third-order valence-electron chi connectivity index (χ3n) is 2.22. The molecule has 1 amide bonds. The molecule has 1 aromatic rings. The Labute approximate surface area is 109 Å². The van der Waals surface area contributed by atoms with Gasteiger partial charge >= 0.3 is 6.18 Å². The lowest BCUT2D eigenvalue weighted by Crippen LogP contribution is -2.20. The van der Waals surface area contributed by atoms with Gasteiger partial charge in [0.1, 0.15) is 0 Å². The highest BCUT2D eigenvalue weighted by Crippen LogP contribution is 2.33. The molecule has 19 heavy (non-hydrogen) atoms. The van der Waals surface area contributed by atoms with Gasteiger partial charge in [0.25, 0.3) is 0 Å². The molecule has 0 radical (unpaired) electrons. The van der Waals surface area contributed by atoms with E-state index in [1.807, 2.05) is 0 Å². The van der Waals surface area contributed by atoms with Gasteiger partial charge in [-0.15, -0.1) is 0 Å². The zero-order chi connectivity index (χ0) is 14.5. The summed E-state index contributed by atoms with van der Waals surface area (Å²) in [6, 6.07) is 3.53. The van der Waals surface area contributed by atoms with Gasteiger partial charge in [-0.05, 0) is 18.2 Å². The highest BCUT2D eigenvalue weighted by atomic mass is 19.4. The van der Waals surface area contributed by atoms with Crippen molar-refractivity contribution in [3.8, 4) is 11.8 Å². The number of carbonyl (C=O) groups excluding carboxylic acids is 1. The van der Waals surface area contributed by atoms with Crippen LogP contribution in [0.15, 0.2) is 18.2 Å². The average Bonchev–Trinajstić information content (AvgIpc) is 2.28. The summed E-state index contributed by atoms with van der Waals surface area (Å²) in [5, 5.41) is 2.54. The van der Waals surface area contributed by atoms with Crippen molar-refractivity contribution in [1.82, 2.24) is 5.32 Å². The first-order valence-electron chi connectivity index (χ1n) is 5.50. The first-order valence-corrected chi connectivity index (χ1v) is 5.50. The predicted molar refractivity (Wildman–Crippen MR) is 66.0 cm³/mol. The predicted octanol–water partition coefficient (Wildman–Crippen LogP) is 2.17. The van der Waals surface area contributed by atoms with Crippen molar-refractivity contribution in [3.63, 3.8) is 0 Å². The van der Waals surface area contributed by atoms with Gasteiger partial charge < -0.3 is 11.1 Å². The number of nitrogen functional groups attached to an aromatic ring is 1. The lowest BCUT2D eigenvalue weighted by atomic mass is 10.1. The fourth-order valence-electron chi connectivity index (χ4n) is 1.35. The lowest BCUT2D eigenvalue weighted by Gasteiger charge is -2.09. The number of benzene rings is 1. The summed E-state index contributed by atoms with van der Waals surface area (Å²) < 4.78 is 37.8. The number of hydrogen-bond acceptors (Lipinski definition) is 2. The van der Waals surface area contributed by atoms with Gasteiger partial charge in [0, 0.05) is 31.1 Å². The Bertz CT molecular complexity index is 527. The second-order valence-corrected chi connectivity index (χ2v) is 3.83. The van der Waals surface area contributed by atoms with E-state index in [-0.39, 0.29) is 17.2 Å². The van der Waals surface area contributed by atoms with Crippen LogP contribution in [0.2, 0.25) is 0 Å². The molecule has 102 valence electrons. The van der Waals surface area contributed by atoms with Crippen LogP contribution in [-0.4, -0.2) is 12.5 Å². The Morgan fingerprint density at radius 3 is 2.68 bits per heavy atom. The number of amides is 1. The molecule has 6 heteroatoms. The van der Waals surface area contributed by atoms with Crippen molar-refractivity contribution in [2.45, 2.75) is 19.5 Å². The molecule has 0 aromatic heterocycles. The van der Waals surface area contributed by atoms with Gasteiger partial charge in [-0.2, -0.15) is 13.2 Å². The number of carbonyl (C=O) groups is 1. The van der Waals surface area contributed by atoms with Gasteiger partial charge in [0.2, 0.25) is 5.91 Å². The standard InChI is InChI=1S/C13H13F3N2O/c1-9(19)18-7-3-2-4-10-5-6-12(17)11(8-10)13(14,15)16/h5-6,8H,3,7,17H2,1H3,(H,18,19). The second-order valence-electron chi connectivity index (χ2n) is 3.83. The van der Waals surface area contributed by atoms with Gasteiger partial charge in [-0.1, -0.05) is 11.8 Å². The van der Waals surface area contributed by atoms with E-state index in [4.69, 9.17) is 5.73 Å². The van der Waals surface area contributed by atoms with Crippen LogP contribution in [0, 0.1) is 11.8 Å². The van der Waals surface area contributed by atoms with Gasteiger partial charge in [-0.25, -0.2) is 0 Å². The maximum atomic E-state index is 12.6. The molecule has 0 unspecified atom stereocenters. The third kappa shape index (κ3) is 4.92. The summed E-state index contributed by atoms with van der Waals surface area (Å²) >= 11 is 0. The average molecular weight is 270 g/mol. The van der Waals surface area contributed by atoms with Crippen LogP contribution in [0.4, 0.5) is 18.9 Å². The fourth-order valence-corrected chi connectivity index (χ4v) is 1.35. The van der Waals surface area contributed by atoms with Crippen molar-refractivity contribution in [3.05, 3.63) is 29.3 Å². The van der Waals surface area contributed by atoms with Crippen LogP contribution >= 0.6 is 0 Å². The topological polar surface area (TPSA) is 55.1 Å². The van der Waals surface area contributed by atoms with Crippen molar-refractivity contribution in [2.75, 3.05) is 12.3 Å². The molecule has 1 aromatic carbocycles. The molecule has 0 aliphatic heterocycles. The Morgan fingerprint density at radius 2 is 2.11 bits per heavy atom. The highest BCUT2D eigenvalue weighted by molar-refractivity contribution is 5.72. The van der Waals surface area contributed by atoms with Crippen LogP contribution in [-0.2, 0) is 11.0 Å². The van der Waals surface area contributed by atoms with E-state index in [0.29, 0.717) is 13.0 Å². The van der Waals surface area contributed by atoms with Crippen LogP contribution in [0.1, 0.15) is 24.5 Å². The Morgan fingerprint density at radius 1 is 1.42 bits per heavy atom. The summed E-state index contributed by atoms with van der Waals surface area (Å²) in [5.74, 6) is 5.11. The van der Waals surface area contributed by atoms with Gasteiger partial charge in [0.05, 0.1) is 5.56 Å². The number of rotatable bonds is 2. The molecule has 0 saturated heterocycles. The fraction of sp³-hybridized carbons (Fsp3) is 0.308. The number of nitrogens with one attached hydrogen (secondary N) is 1. The van der Waals surface area contributed by atoms with E-state index < -0.39 is 11.7 Å². The Kier molecular flexibility index (Phi) is 4.81. The number of halogens is 3. The van der Waals surface area contributed by atoms with Crippen LogP contribution in [0.5, 0.6) is 0 Å². The largest absolute Gasteiger partial charge is 0.418 e. The van der Waals surface area contributed by atoms with Crippen molar-refractivity contribution in [1.29, 1.82) is 0 Å². The third-order valence-corrected chi connectivity index (χ3v) is 2.22. The summed E-state index contributed by atoms with van der Waals surface area (Å²) in [5.41, 5.74) is 4.30. The van der Waals surface area contributed by atoms with Gasteiger partial charge in [0.15, 0.2) is 0 Å². The van der Waals surface area contributed by atoms with Crippen molar-refractivity contribution < 1.29 is 18.0 Å². The Hall–Kier alpha value is -2.16. The molecule has 0 aliphatic rings. The molecule has 0 bridgehead atoms. The SMILES string of the molecule is CC(=O)NCCC#Cc1ccc(N)c(C(F)(F)F)c1. The summed E-state index contributed by atoms with van der Waals surface area (Å²) in [6.07, 6.45) is -4.12. The number of nitrogens with two attached hydrogens (primary N) is 1. The molecule has 0 atom stereocenters. The van der Waals surface area contributed by atoms with Crippen molar-refractivity contribution >= 4 is 11.6 Å². The highest BCUT2D eigenvalue weighted by Gasteiger charge is 2.32. The molecule has 3 nitrogen and oxygen atoms in total. The summed E-state index contributed by atoms with van der Waals surface area (Å²) in [6.45, 7) is 1.74. The van der Waals surface area contributed by atoms with E-state index in [0.717, 1.165) is 6.07 Å². The van der Waals surface area contributed by atoms with Crippen LogP contribution in [0.25, 0.3) is 0 Å². The summed E-state index contributed by atoms with van der Waals surface area (Å²) in [7, 11) is 0. The number of alkyl halides is 3. The molecular formula is C13H13F3N2O. The lowest BCUT2D eigenvalue weighted by molar-refractivity contribution is -0.137. The Balaban J connectivity index is 2.75. The molecule has 1 rings (SSSR count). The van der Waals surface area contributed by atoms with E-state index in [9.17, 15) is 18.0 Å². The molecule has 0 spiro atoms. The smallest absolute Gasteiger partial charge is 0.398 e. The minimum absolute atomic E-state index is 0.173. The molecule has 0 saturated carbocycles. The van der Waals surface area contributed by atoms with E-state index >= 15 is 0 Å². The zero-order valence-corrected chi connectivity index (χ0v) is 10.3. The molecule has 0 aliphatic carbocycles. The second kappa shape index (κ2) is 6.14. The van der Waals surface area contributed by atoms with E-state index in [1.165, 1.54) is 19.1 Å². The molecule has 0 heterocycles.